The van der Waals surface area contributed by atoms with Crippen LogP contribution in [0.4, 0.5) is 0 Å². The second kappa shape index (κ2) is 8.32. The number of aliphatic hydroxyl groups is 1. The molecule has 2 aromatic rings. The van der Waals surface area contributed by atoms with Gasteiger partial charge in [0.2, 0.25) is 0 Å². The third-order valence-electron chi connectivity index (χ3n) is 4.81. The van der Waals surface area contributed by atoms with Crippen LogP contribution >= 0.6 is 0 Å². The molecule has 1 heterocycles. The normalized spacial score (nSPS) is 21.6. The van der Waals surface area contributed by atoms with Crippen molar-refractivity contribution in [1.82, 2.24) is 4.90 Å². The Morgan fingerprint density at radius 2 is 1.75 bits per heavy atom. The zero-order valence-corrected chi connectivity index (χ0v) is 14.4. The van der Waals surface area contributed by atoms with E-state index in [2.05, 4.69) is 60.4 Å². The Balaban J connectivity index is 1.45. The van der Waals surface area contributed by atoms with E-state index in [1.54, 1.807) is 0 Å². The minimum Gasteiger partial charge on any atom is -0.492 e. The monoisotopic (exact) mass is 325 g/mol. The van der Waals surface area contributed by atoms with E-state index in [4.69, 9.17) is 4.74 Å². The molecular weight excluding hydrogens is 298 g/mol. The SMILES string of the molecule is C[C@H]1C[C@@H](O)CCN1CCOc1ccc(Cc2ccccc2)cc1. The van der Waals surface area contributed by atoms with E-state index in [1.165, 1.54) is 11.1 Å². The number of aliphatic hydroxyl groups excluding tert-OH is 1. The lowest BCUT2D eigenvalue weighted by atomic mass is 10.0. The number of hydrogen-bond acceptors (Lipinski definition) is 3. The van der Waals surface area contributed by atoms with Gasteiger partial charge in [0.1, 0.15) is 12.4 Å². The van der Waals surface area contributed by atoms with Gasteiger partial charge in [-0.1, -0.05) is 42.5 Å². The molecule has 0 amide bonds. The molecule has 1 aliphatic rings. The van der Waals surface area contributed by atoms with Crippen molar-refractivity contribution in [1.29, 1.82) is 0 Å². The standard InChI is InChI=1S/C21H27NO2/c1-17-15-20(23)11-12-22(17)13-14-24-21-9-7-19(8-10-21)16-18-5-3-2-4-6-18/h2-10,17,20,23H,11-16H2,1H3/t17-,20-/m0/s1. The predicted molar refractivity (Wildman–Crippen MR) is 97.5 cm³/mol. The number of benzene rings is 2. The highest BCUT2D eigenvalue weighted by Crippen LogP contribution is 2.18. The summed E-state index contributed by atoms with van der Waals surface area (Å²) in [6.45, 7) is 4.75. The molecule has 0 bridgehead atoms. The molecule has 3 nitrogen and oxygen atoms in total. The van der Waals surface area contributed by atoms with Gasteiger partial charge in [-0.2, -0.15) is 0 Å². The van der Waals surface area contributed by atoms with Gasteiger partial charge in [0.25, 0.3) is 0 Å². The van der Waals surface area contributed by atoms with Crippen LogP contribution in [0.3, 0.4) is 0 Å². The summed E-state index contributed by atoms with van der Waals surface area (Å²) >= 11 is 0. The maximum Gasteiger partial charge on any atom is 0.119 e. The Morgan fingerprint density at radius 1 is 1.04 bits per heavy atom. The number of ether oxygens (including phenoxy) is 1. The van der Waals surface area contributed by atoms with Crippen molar-refractivity contribution < 1.29 is 9.84 Å². The summed E-state index contributed by atoms with van der Waals surface area (Å²) < 4.78 is 5.88. The molecule has 0 spiro atoms. The highest BCUT2D eigenvalue weighted by molar-refractivity contribution is 5.31. The molecule has 0 aromatic heterocycles. The Labute approximate surface area is 144 Å². The van der Waals surface area contributed by atoms with E-state index in [0.29, 0.717) is 12.6 Å². The fourth-order valence-electron chi connectivity index (χ4n) is 3.34. The van der Waals surface area contributed by atoms with Crippen molar-refractivity contribution >= 4 is 0 Å². The molecule has 0 unspecified atom stereocenters. The molecule has 0 radical (unpaired) electrons. The highest BCUT2D eigenvalue weighted by atomic mass is 16.5. The molecule has 3 heteroatoms. The maximum absolute atomic E-state index is 9.67. The third kappa shape index (κ3) is 4.83. The van der Waals surface area contributed by atoms with Gasteiger partial charge >= 0.3 is 0 Å². The first kappa shape index (κ1) is 17.0. The van der Waals surface area contributed by atoms with Crippen molar-refractivity contribution in [2.24, 2.45) is 0 Å². The van der Waals surface area contributed by atoms with Crippen LogP contribution in [0.15, 0.2) is 54.6 Å². The van der Waals surface area contributed by atoms with Gasteiger partial charge in [-0.25, -0.2) is 0 Å². The van der Waals surface area contributed by atoms with Crippen molar-refractivity contribution in [3.63, 3.8) is 0 Å². The van der Waals surface area contributed by atoms with Gasteiger partial charge < -0.3 is 9.84 Å². The van der Waals surface area contributed by atoms with Crippen LogP contribution in [0.1, 0.15) is 30.9 Å². The van der Waals surface area contributed by atoms with Crippen molar-refractivity contribution in [2.45, 2.75) is 38.3 Å². The Bertz CT molecular complexity index is 611. The van der Waals surface area contributed by atoms with Gasteiger partial charge in [-0.3, -0.25) is 4.90 Å². The average Bonchev–Trinajstić information content (AvgIpc) is 2.59. The molecule has 0 saturated carbocycles. The largest absolute Gasteiger partial charge is 0.492 e. The van der Waals surface area contributed by atoms with E-state index in [0.717, 1.165) is 38.1 Å². The summed E-state index contributed by atoms with van der Waals surface area (Å²) in [4.78, 5) is 2.40. The molecule has 1 fully saturated rings. The molecular formula is C21H27NO2. The van der Waals surface area contributed by atoms with Crippen LogP contribution < -0.4 is 4.74 Å². The first-order valence-corrected chi connectivity index (χ1v) is 8.88. The number of rotatable bonds is 6. The van der Waals surface area contributed by atoms with Crippen LogP contribution in [0.5, 0.6) is 5.75 Å². The van der Waals surface area contributed by atoms with E-state index < -0.39 is 0 Å². The van der Waals surface area contributed by atoms with Crippen LogP contribution in [0, 0.1) is 0 Å². The quantitative estimate of drug-likeness (QED) is 0.882. The molecule has 2 aromatic carbocycles. The third-order valence-corrected chi connectivity index (χ3v) is 4.81. The van der Waals surface area contributed by atoms with E-state index >= 15 is 0 Å². The minimum absolute atomic E-state index is 0.130. The molecule has 24 heavy (non-hydrogen) atoms. The van der Waals surface area contributed by atoms with Crippen LogP contribution in [-0.2, 0) is 6.42 Å². The Kier molecular flexibility index (Phi) is 5.89. The van der Waals surface area contributed by atoms with Crippen LogP contribution in [0.2, 0.25) is 0 Å². The Morgan fingerprint density at radius 3 is 2.46 bits per heavy atom. The Hall–Kier alpha value is -1.84. The van der Waals surface area contributed by atoms with Crippen LogP contribution in [-0.4, -0.2) is 41.8 Å². The van der Waals surface area contributed by atoms with E-state index in [9.17, 15) is 5.11 Å². The molecule has 2 atom stereocenters. The van der Waals surface area contributed by atoms with Crippen molar-refractivity contribution in [2.75, 3.05) is 19.7 Å². The minimum atomic E-state index is -0.130. The zero-order valence-electron chi connectivity index (χ0n) is 14.4. The number of nitrogens with zero attached hydrogens (tertiary/aromatic N) is 1. The first-order valence-electron chi connectivity index (χ1n) is 8.88. The lowest BCUT2D eigenvalue weighted by molar-refractivity contribution is 0.0415. The molecule has 1 aliphatic heterocycles. The lowest BCUT2D eigenvalue weighted by Gasteiger charge is -2.35. The first-order chi connectivity index (χ1) is 11.7. The maximum atomic E-state index is 9.67. The number of hydrogen-bond donors (Lipinski definition) is 1. The summed E-state index contributed by atoms with van der Waals surface area (Å²) in [6.07, 6.45) is 2.57. The van der Waals surface area contributed by atoms with Crippen LogP contribution in [0.25, 0.3) is 0 Å². The summed E-state index contributed by atoms with van der Waals surface area (Å²) in [5, 5.41) is 9.67. The smallest absolute Gasteiger partial charge is 0.119 e. The second-order valence-corrected chi connectivity index (χ2v) is 6.72. The lowest BCUT2D eigenvalue weighted by Crippen LogP contribution is -2.44. The summed E-state index contributed by atoms with van der Waals surface area (Å²) in [5.41, 5.74) is 2.62. The number of piperidine rings is 1. The topological polar surface area (TPSA) is 32.7 Å². The summed E-state index contributed by atoms with van der Waals surface area (Å²) in [5.74, 6) is 0.927. The van der Waals surface area contributed by atoms with E-state index in [-0.39, 0.29) is 6.10 Å². The average molecular weight is 325 g/mol. The summed E-state index contributed by atoms with van der Waals surface area (Å²) in [7, 11) is 0. The predicted octanol–water partition coefficient (Wildman–Crippen LogP) is 3.50. The fourth-order valence-corrected chi connectivity index (χ4v) is 3.34. The summed E-state index contributed by atoms with van der Waals surface area (Å²) in [6, 6.07) is 19.3. The van der Waals surface area contributed by atoms with Gasteiger partial charge in [-0.05, 0) is 49.4 Å². The van der Waals surface area contributed by atoms with Crippen molar-refractivity contribution in [3.8, 4) is 5.75 Å². The van der Waals surface area contributed by atoms with E-state index in [1.807, 2.05) is 6.07 Å². The van der Waals surface area contributed by atoms with Gasteiger partial charge in [0.15, 0.2) is 0 Å². The zero-order chi connectivity index (χ0) is 16.8. The van der Waals surface area contributed by atoms with Crippen molar-refractivity contribution in [3.05, 3.63) is 65.7 Å². The molecule has 1 saturated heterocycles. The second-order valence-electron chi connectivity index (χ2n) is 6.72. The molecule has 1 N–H and O–H groups in total. The number of likely N-dealkylation sites (tertiary alicyclic amines) is 1. The molecule has 128 valence electrons. The van der Waals surface area contributed by atoms with Gasteiger partial charge in [0, 0.05) is 19.1 Å². The van der Waals surface area contributed by atoms with Gasteiger partial charge in [0.05, 0.1) is 6.10 Å². The molecule has 0 aliphatic carbocycles. The van der Waals surface area contributed by atoms with Gasteiger partial charge in [-0.15, -0.1) is 0 Å². The molecule has 3 rings (SSSR count). The highest BCUT2D eigenvalue weighted by Gasteiger charge is 2.23. The fraction of sp³-hybridized carbons (Fsp3) is 0.429.